The molecule has 1 aromatic rings. The van der Waals surface area contributed by atoms with E-state index in [2.05, 4.69) is 10.3 Å². The largest absolute Gasteiger partial charge is 0.481 e. The predicted molar refractivity (Wildman–Crippen MR) is 72.2 cm³/mol. The molecular weight excluding hydrogens is 246 g/mol. The minimum Gasteiger partial charge on any atom is -0.481 e. The van der Waals surface area contributed by atoms with E-state index >= 15 is 0 Å². The molecule has 4 N–H and O–H groups in total. The summed E-state index contributed by atoms with van der Waals surface area (Å²) in [5, 5.41) is 11.6. The third-order valence-electron chi connectivity index (χ3n) is 2.71. The Bertz CT molecular complexity index is 486. The van der Waals surface area contributed by atoms with E-state index in [-0.39, 0.29) is 6.42 Å². The first kappa shape index (κ1) is 14.9. The number of pyridine rings is 1. The van der Waals surface area contributed by atoms with Gasteiger partial charge in [-0.05, 0) is 32.8 Å². The maximum absolute atomic E-state index is 11.4. The van der Waals surface area contributed by atoms with Crippen molar-refractivity contribution in [3.63, 3.8) is 0 Å². The second kappa shape index (κ2) is 6.72. The predicted octanol–water partition coefficient (Wildman–Crippen LogP) is 1.46. The third kappa shape index (κ3) is 4.57. The Balaban J connectivity index is 2.67. The van der Waals surface area contributed by atoms with Crippen LogP contribution < -0.4 is 11.1 Å². The fourth-order valence-electron chi connectivity index (χ4n) is 1.90. The van der Waals surface area contributed by atoms with E-state index in [9.17, 15) is 9.59 Å². The van der Waals surface area contributed by atoms with Crippen molar-refractivity contribution in [2.75, 3.05) is 11.9 Å². The lowest BCUT2D eigenvalue weighted by Crippen LogP contribution is -2.18. The van der Waals surface area contributed by atoms with Gasteiger partial charge in [-0.25, -0.2) is 0 Å². The number of anilines is 1. The van der Waals surface area contributed by atoms with Crippen molar-refractivity contribution < 1.29 is 14.7 Å². The number of carboxylic acids is 1. The quantitative estimate of drug-likeness (QED) is 0.647. The van der Waals surface area contributed by atoms with Crippen LogP contribution in [0.4, 0.5) is 5.69 Å². The normalized spacial score (nSPS) is 10.2. The van der Waals surface area contributed by atoms with Gasteiger partial charge in [0.1, 0.15) is 0 Å². The van der Waals surface area contributed by atoms with Crippen LogP contribution in [0.1, 0.15) is 41.0 Å². The van der Waals surface area contributed by atoms with E-state index in [4.69, 9.17) is 10.8 Å². The minimum atomic E-state index is -0.798. The SMILES string of the molecule is Cc1cc(NCCCCC(=O)O)c(C(N)=O)c(C)n1. The van der Waals surface area contributed by atoms with Gasteiger partial charge in [0.2, 0.25) is 0 Å². The molecule has 0 aromatic carbocycles. The molecule has 0 atom stereocenters. The van der Waals surface area contributed by atoms with Crippen LogP contribution >= 0.6 is 0 Å². The maximum Gasteiger partial charge on any atom is 0.303 e. The molecule has 1 heterocycles. The molecule has 1 aromatic heterocycles. The highest BCUT2D eigenvalue weighted by Gasteiger charge is 2.13. The summed E-state index contributed by atoms with van der Waals surface area (Å²) in [4.78, 5) is 26.0. The van der Waals surface area contributed by atoms with E-state index < -0.39 is 11.9 Å². The number of nitrogens with two attached hydrogens (primary N) is 1. The average Bonchev–Trinajstić information content (AvgIpc) is 2.26. The average molecular weight is 265 g/mol. The molecule has 0 aliphatic heterocycles. The molecule has 0 unspecified atom stereocenters. The van der Waals surface area contributed by atoms with Gasteiger partial charge >= 0.3 is 5.97 Å². The zero-order valence-electron chi connectivity index (χ0n) is 11.2. The van der Waals surface area contributed by atoms with Crippen LogP contribution in [0.25, 0.3) is 0 Å². The molecule has 6 nitrogen and oxygen atoms in total. The van der Waals surface area contributed by atoms with Crippen molar-refractivity contribution in [2.45, 2.75) is 33.1 Å². The smallest absolute Gasteiger partial charge is 0.303 e. The highest BCUT2D eigenvalue weighted by atomic mass is 16.4. The van der Waals surface area contributed by atoms with Gasteiger partial charge in [-0.1, -0.05) is 0 Å². The van der Waals surface area contributed by atoms with Crippen LogP contribution in [0.2, 0.25) is 0 Å². The molecule has 1 amide bonds. The number of rotatable bonds is 7. The zero-order chi connectivity index (χ0) is 14.4. The Kier molecular flexibility index (Phi) is 5.29. The van der Waals surface area contributed by atoms with Gasteiger partial charge in [-0.15, -0.1) is 0 Å². The number of carbonyl (C=O) groups excluding carboxylic acids is 1. The van der Waals surface area contributed by atoms with Crippen molar-refractivity contribution in [3.8, 4) is 0 Å². The number of hydrogen-bond acceptors (Lipinski definition) is 4. The number of aryl methyl sites for hydroxylation is 2. The number of nitrogens with zero attached hydrogens (tertiary/aromatic N) is 1. The van der Waals surface area contributed by atoms with E-state index in [1.165, 1.54) is 0 Å². The van der Waals surface area contributed by atoms with Crippen LogP contribution in [-0.4, -0.2) is 28.5 Å². The highest BCUT2D eigenvalue weighted by molar-refractivity contribution is 5.99. The summed E-state index contributed by atoms with van der Waals surface area (Å²) in [7, 11) is 0. The minimum absolute atomic E-state index is 0.152. The molecule has 0 saturated carbocycles. The van der Waals surface area contributed by atoms with Crippen molar-refractivity contribution in [2.24, 2.45) is 5.73 Å². The van der Waals surface area contributed by atoms with Crippen LogP contribution in [0.3, 0.4) is 0 Å². The first-order valence-corrected chi connectivity index (χ1v) is 6.15. The van der Waals surface area contributed by atoms with E-state index in [1.807, 2.05) is 6.92 Å². The number of primary amides is 1. The summed E-state index contributed by atoms with van der Waals surface area (Å²) < 4.78 is 0. The number of nitrogens with one attached hydrogen (secondary N) is 1. The van der Waals surface area contributed by atoms with Crippen LogP contribution in [0.15, 0.2) is 6.07 Å². The zero-order valence-corrected chi connectivity index (χ0v) is 11.2. The lowest BCUT2D eigenvalue weighted by atomic mass is 10.1. The summed E-state index contributed by atoms with van der Waals surface area (Å²) in [5.41, 5.74) is 7.79. The molecule has 0 spiro atoms. The van der Waals surface area contributed by atoms with Crippen LogP contribution in [0.5, 0.6) is 0 Å². The Morgan fingerprint density at radius 3 is 2.63 bits per heavy atom. The summed E-state index contributed by atoms with van der Waals surface area (Å²) in [6.45, 7) is 4.17. The monoisotopic (exact) mass is 265 g/mol. The van der Waals surface area contributed by atoms with Crippen LogP contribution in [0, 0.1) is 13.8 Å². The molecule has 0 radical (unpaired) electrons. The van der Waals surface area contributed by atoms with Crippen molar-refractivity contribution >= 4 is 17.6 Å². The van der Waals surface area contributed by atoms with E-state index in [1.54, 1.807) is 13.0 Å². The molecule has 0 saturated heterocycles. The lowest BCUT2D eigenvalue weighted by molar-refractivity contribution is -0.137. The van der Waals surface area contributed by atoms with E-state index in [0.29, 0.717) is 36.3 Å². The number of aromatic nitrogens is 1. The number of carboxylic acid groups (broad SMARTS) is 1. The first-order valence-electron chi connectivity index (χ1n) is 6.15. The number of amides is 1. The molecule has 1 rings (SSSR count). The Morgan fingerprint density at radius 1 is 1.37 bits per heavy atom. The summed E-state index contributed by atoms with van der Waals surface area (Å²) in [5.74, 6) is -1.31. The molecule has 0 aliphatic carbocycles. The van der Waals surface area contributed by atoms with Gasteiger partial charge in [-0.3, -0.25) is 14.6 Å². The second-order valence-electron chi connectivity index (χ2n) is 4.41. The Morgan fingerprint density at radius 2 is 2.05 bits per heavy atom. The fourth-order valence-corrected chi connectivity index (χ4v) is 1.90. The van der Waals surface area contributed by atoms with Gasteiger partial charge < -0.3 is 16.2 Å². The molecule has 0 bridgehead atoms. The second-order valence-corrected chi connectivity index (χ2v) is 4.41. The van der Waals surface area contributed by atoms with Gasteiger partial charge in [0.15, 0.2) is 0 Å². The van der Waals surface area contributed by atoms with Crippen molar-refractivity contribution in [1.29, 1.82) is 0 Å². The van der Waals surface area contributed by atoms with Crippen LogP contribution in [-0.2, 0) is 4.79 Å². The summed E-state index contributed by atoms with van der Waals surface area (Å²) in [6, 6.07) is 1.77. The number of hydrogen-bond donors (Lipinski definition) is 3. The highest BCUT2D eigenvalue weighted by Crippen LogP contribution is 2.19. The molecular formula is C13H19N3O3. The molecule has 0 aliphatic rings. The summed E-state index contributed by atoms with van der Waals surface area (Å²) in [6.07, 6.45) is 1.46. The topological polar surface area (TPSA) is 105 Å². The van der Waals surface area contributed by atoms with Gasteiger partial charge in [0.25, 0.3) is 5.91 Å². The molecule has 19 heavy (non-hydrogen) atoms. The Hall–Kier alpha value is -2.11. The van der Waals surface area contributed by atoms with E-state index in [0.717, 1.165) is 5.69 Å². The molecule has 0 fully saturated rings. The molecule has 104 valence electrons. The Labute approximate surface area is 112 Å². The van der Waals surface area contributed by atoms with Crippen molar-refractivity contribution in [1.82, 2.24) is 4.98 Å². The summed E-state index contributed by atoms with van der Waals surface area (Å²) >= 11 is 0. The molecule has 6 heteroatoms. The number of carbonyl (C=O) groups is 2. The number of aliphatic carboxylic acids is 1. The maximum atomic E-state index is 11.4. The van der Waals surface area contributed by atoms with Crippen molar-refractivity contribution in [3.05, 3.63) is 23.0 Å². The van der Waals surface area contributed by atoms with Gasteiger partial charge in [0, 0.05) is 18.7 Å². The fraction of sp³-hybridized carbons (Fsp3) is 0.462. The standard InChI is InChI=1S/C13H19N3O3/c1-8-7-10(12(13(14)19)9(2)16-8)15-6-4-3-5-11(17)18/h7H,3-6H2,1-2H3,(H2,14,19)(H,15,16)(H,17,18). The lowest BCUT2D eigenvalue weighted by Gasteiger charge is -2.12. The third-order valence-corrected chi connectivity index (χ3v) is 2.71. The van der Waals surface area contributed by atoms with Gasteiger partial charge in [-0.2, -0.15) is 0 Å². The number of unbranched alkanes of at least 4 members (excludes halogenated alkanes) is 1. The van der Waals surface area contributed by atoms with Gasteiger partial charge in [0.05, 0.1) is 16.9 Å². The first-order chi connectivity index (χ1) is 8.91.